The summed E-state index contributed by atoms with van der Waals surface area (Å²) in [5.74, 6) is -5.47. The molecular formula is C18H32N6O8S. The first kappa shape index (κ1) is 30.1. The minimum absolute atomic E-state index is 0.0913. The van der Waals surface area contributed by atoms with Crippen molar-refractivity contribution in [1.82, 2.24) is 16.0 Å². The van der Waals surface area contributed by atoms with E-state index >= 15 is 0 Å². The molecule has 0 aromatic rings. The van der Waals surface area contributed by atoms with E-state index in [2.05, 4.69) is 16.0 Å². The number of carbonyl (C=O) groups is 6. The van der Waals surface area contributed by atoms with Crippen LogP contribution in [0.3, 0.4) is 0 Å². The number of rotatable bonds is 16. The van der Waals surface area contributed by atoms with Crippen LogP contribution in [0.4, 0.5) is 0 Å². The Morgan fingerprint density at radius 1 is 0.848 bits per heavy atom. The highest BCUT2D eigenvalue weighted by Gasteiger charge is 2.31. The number of carboxylic acid groups (broad SMARTS) is 1. The fraction of sp³-hybridized carbons (Fsp3) is 0.667. The zero-order valence-electron chi connectivity index (χ0n) is 18.4. The minimum Gasteiger partial charge on any atom is -0.480 e. The van der Waals surface area contributed by atoms with Gasteiger partial charge >= 0.3 is 5.97 Å². The van der Waals surface area contributed by atoms with E-state index in [4.69, 9.17) is 17.2 Å². The molecule has 0 fully saturated rings. The maximum atomic E-state index is 12.7. The summed E-state index contributed by atoms with van der Waals surface area (Å²) in [6.07, 6.45) is -0.640. The van der Waals surface area contributed by atoms with Crippen molar-refractivity contribution >= 4 is 47.3 Å². The van der Waals surface area contributed by atoms with Gasteiger partial charge in [0.15, 0.2) is 0 Å². The van der Waals surface area contributed by atoms with Gasteiger partial charge in [-0.15, -0.1) is 0 Å². The summed E-state index contributed by atoms with van der Waals surface area (Å²) in [6, 6.07) is -5.60. The maximum Gasteiger partial charge on any atom is 0.326 e. The Balaban J connectivity index is 5.55. The lowest BCUT2D eigenvalue weighted by Gasteiger charge is -2.25. The second-order valence-electron chi connectivity index (χ2n) is 7.25. The van der Waals surface area contributed by atoms with Crippen LogP contribution >= 0.6 is 11.8 Å². The molecule has 15 heteroatoms. The molecule has 5 amide bonds. The summed E-state index contributed by atoms with van der Waals surface area (Å²) in [4.78, 5) is 71.4. The molecular weight excluding hydrogens is 460 g/mol. The molecule has 14 nitrogen and oxygen atoms in total. The Labute approximate surface area is 194 Å². The second kappa shape index (κ2) is 15.0. The minimum atomic E-state index is -1.55. The van der Waals surface area contributed by atoms with Gasteiger partial charge in [-0.3, -0.25) is 24.0 Å². The molecule has 0 aromatic heterocycles. The average Bonchev–Trinajstić information content (AvgIpc) is 2.71. The summed E-state index contributed by atoms with van der Waals surface area (Å²) in [7, 11) is 0. The van der Waals surface area contributed by atoms with Crippen molar-refractivity contribution in [3.05, 3.63) is 0 Å². The van der Waals surface area contributed by atoms with E-state index < -0.39 is 72.2 Å². The van der Waals surface area contributed by atoms with Crippen LogP contribution in [0.5, 0.6) is 0 Å². The molecule has 0 aliphatic rings. The molecule has 0 aliphatic heterocycles. The van der Waals surface area contributed by atoms with E-state index in [0.29, 0.717) is 5.75 Å². The molecule has 0 saturated heterocycles. The summed E-state index contributed by atoms with van der Waals surface area (Å²) in [6.45, 7) is 1.26. The molecule has 0 heterocycles. The summed E-state index contributed by atoms with van der Waals surface area (Å²) >= 11 is 1.36. The van der Waals surface area contributed by atoms with Crippen LogP contribution in [0.25, 0.3) is 0 Å². The number of carbonyl (C=O) groups excluding carboxylic acids is 5. The normalized spacial score (nSPS) is 15.3. The van der Waals surface area contributed by atoms with Gasteiger partial charge in [0.2, 0.25) is 29.5 Å². The van der Waals surface area contributed by atoms with Gasteiger partial charge in [-0.25, -0.2) is 4.79 Å². The number of hydrogen-bond donors (Lipinski definition) is 8. The summed E-state index contributed by atoms with van der Waals surface area (Å²) in [5.41, 5.74) is 15.8. The van der Waals surface area contributed by atoms with E-state index in [1.807, 2.05) is 0 Å². The predicted octanol–water partition coefficient (Wildman–Crippen LogP) is -3.87. The maximum absolute atomic E-state index is 12.7. The van der Waals surface area contributed by atoms with Crippen molar-refractivity contribution in [2.24, 2.45) is 17.2 Å². The first-order valence-corrected chi connectivity index (χ1v) is 11.3. The van der Waals surface area contributed by atoms with Gasteiger partial charge in [0, 0.05) is 6.42 Å². The largest absolute Gasteiger partial charge is 0.480 e. The fourth-order valence-electron chi connectivity index (χ4n) is 2.49. The van der Waals surface area contributed by atoms with Crippen LogP contribution in [0.2, 0.25) is 0 Å². The lowest BCUT2D eigenvalue weighted by Crippen LogP contribution is -2.58. The average molecular weight is 493 g/mol. The molecule has 0 aromatic carbocycles. The number of amides is 5. The molecule has 0 spiro atoms. The van der Waals surface area contributed by atoms with Crippen molar-refractivity contribution in [2.45, 2.75) is 62.9 Å². The highest BCUT2D eigenvalue weighted by molar-refractivity contribution is 7.98. The number of aliphatic hydroxyl groups excluding tert-OH is 1. The molecule has 11 N–H and O–H groups in total. The number of nitrogens with two attached hydrogens (primary N) is 3. The van der Waals surface area contributed by atoms with Crippen molar-refractivity contribution in [1.29, 1.82) is 0 Å². The number of aliphatic hydroxyl groups is 1. The number of hydrogen-bond acceptors (Lipinski definition) is 9. The zero-order chi connectivity index (χ0) is 25.7. The molecule has 0 aliphatic carbocycles. The van der Waals surface area contributed by atoms with Crippen LogP contribution in [0.1, 0.15) is 32.6 Å². The second-order valence-corrected chi connectivity index (χ2v) is 8.23. The predicted molar refractivity (Wildman–Crippen MR) is 118 cm³/mol. The van der Waals surface area contributed by atoms with Crippen LogP contribution in [0.15, 0.2) is 0 Å². The van der Waals surface area contributed by atoms with Gasteiger partial charge in [0.1, 0.15) is 24.2 Å². The van der Waals surface area contributed by atoms with Crippen LogP contribution in [-0.4, -0.2) is 88.0 Å². The van der Waals surface area contributed by atoms with Crippen LogP contribution < -0.4 is 33.2 Å². The Hall–Kier alpha value is -2.91. The van der Waals surface area contributed by atoms with Crippen LogP contribution in [-0.2, 0) is 28.8 Å². The lowest BCUT2D eigenvalue weighted by molar-refractivity contribution is -0.142. The molecule has 0 radical (unpaired) electrons. The third kappa shape index (κ3) is 12.1. The first-order valence-electron chi connectivity index (χ1n) is 9.93. The number of nitrogens with one attached hydrogen (secondary N) is 3. The number of carboxylic acids is 1. The fourth-order valence-corrected chi connectivity index (χ4v) is 2.96. The monoisotopic (exact) mass is 492 g/mol. The Kier molecular flexibility index (Phi) is 13.7. The number of primary amides is 2. The van der Waals surface area contributed by atoms with Gasteiger partial charge in [-0.2, -0.15) is 11.8 Å². The summed E-state index contributed by atoms with van der Waals surface area (Å²) < 4.78 is 0. The quantitative estimate of drug-likeness (QED) is 0.104. The van der Waals surface area contributed by atoms with Gasteiger partial charge in [-0.05, 0) is 31.8 Å². The molecule has 0 bridgehead atoms. The van der Waals surface area contributed by atoms with Gasteiger partial charge in [-0.1, -0.05) is 0 Å². The van der Waals surface area contributed by atoms with Crippen molar-refractivity contribution < 1.29 is 39.0 Å². The van der Waals surface area contributed by atoms with E-state index in [1.54, 1.807) is 6.26 Å². The highest BCUT2D eigenvalue weighted by atomic mass is 32.2. The van der Waals surface area contributed by atoms with Gasteiger partial charge in [0.25, 0.3) is 0 Å². The molecule has 0 rings (SSSR count). The van der Waals surface area contributed by atoms with Crippen molar-refractivity contribution in [3.63, 3.8) is 0 Å². The van der Waals surface area contributed by atoms with Crippen molar-refractivity contribution in [3.8, 4) is 0 Å². The van der Waals surface area contributed by atoms with E-state index in [0.717, 1.165) is 0 Å². The standard InChI is InChI=1S/C18H32N6O8S/c1-8(25)14(21)17(30)22-9(3-4-12(19)26)15(28)24-11(7-13(20)27)16(29)23-10(18(31)32)5-6-33-2/h8-11,14,25H,3-7,21H2,1-2H3,(H2,19,26)(H2,20,27)(H,22,30)(H,23,29)(H,24,28)(H,31,32). The van der Waals surface area contributed by atoms with E-state index in [9.17, 15) is 39.0 Å². The lowest BCUT2D eigenvalue weighted by atomic mass is 10.1. The smallest absolute Gasteiger partial charge is 0.326 e. The van der Waals surface area contributed by atoms with Gasteiger partial charge < -0.3 is 43.4 Å². The third-order valence-corrected chi connectivity index (χ3v) is 5.04. The number of aliphatic carboxylic acids is 1. The number of thioether (sulfide) groups is 1. The topological polar surface area (TPSA) is 257 Å². The molecule has 188 valence electrons. The molecule has 33 heavy (non-hydrogen) atoms. The SMILES string of the molecule is CSCCC(NC(=O)C(CC(N)=O)NC(=O)C(CCC(N)=O)NC(=O)C(N)C(C)O)C(=O)O. The zero-order valence-corrected chi connectivity index (χ0v) is 19.2. The highest BCUT2D eigenvalue weighted by Crippen LogP contribution is 2.05. The van der Waals surface area contributed by atoms with Crippen LogP contribution in [0, 0.1) is 0 Å². The van der Waals surface area contributed by atoms with Gasteiger partial charge in [0.05, 0.1) is 12.5 Å². The molecule has 5 atom stereocenters. The Morgan fingerprint density at radius 2 is 1.36 bits per heavy atom. The molecule has 0 saturated carbocycles. The first-order chi connectivity index (χ1) is 15.3. The Morgan fingerprint density at radius 3 is 1.82 bits per heavy atom. The summed E-state index contributed by atoms with van der Waals surface area (Å²) in [5, 5.41) is 25.4. The Bertz CT molecular complexity index is 735. The third-order valence-electron chi connectivity index (χ3n) is 4.40. The molecule has 5 unspecified atom stereocenters. The van der Waals surface area contributed by atoms with E-state index in [-0.39, 0.29) is 19.3 Å². The van der Waals surface area contributed by atoms with E-state index in [1.165, 1.54) is 18.7 Å². The van der Waals surface area contributed by atoms with Crippen molar-refractivity contribution in [2.75, 3.05) is 12.0 Å².